The van der Waals surface area contributed by atoms with E-state index in [1.165, 1.54) is 13.2 Å². The van der Waals surface area contributed by atoms with Crippen molar-refractivity contribution in [2.75, 3.05) is 20.8 Å². The van der Waals surface area contributed by atoms with Gasteiger partial charge in [-0.1, -0.05) is 12.1 Å². The number of amides is 1. The molecule has 2 aromatic carbocycles. The molecule has 0 spiro atoms. The highest BCUT2D eigenvalue weighted by Gasteiger charge is 2.19. The lowest BCUT2D eigenvalue weighted by molar-refractivity contribution is -0.120. The molecule has 0 radical (unpaired) electrons. The SMILES string of the molecule is COc1ccc(CNC(=O)CNS(=O)(=O)c2cc(C)c(OC)cc2C)cc1. The average molecular weight is 392 g/mol. The smallest absolute Gasteiger partial charge is 0.241 e. The summed E-state index contributed by atoms with van der Waals surface area (Å²) in [6.45, 7) is 3.40. The minimum absolute atomic E-state index is 0.128. The first-order valence-electron chi connectivity index (χ1n) is 8.31. The van der Waals surface area contributed by atoms with Gasteiger partial charge < -0.3 is 14.8 Å². The van der Waals surface area contributed by atoms with Crippen LogP contribution >= 0.6 is 0 Å². The molecule has 0 atom stereocenters. The Hall–Kier alpha value is -2.58. The van der Waals surface area contributed by atoms with Crippen LogP contribution in [0.5, 0.6) is 11.5 Å². The third kappa shape index (κ3) is 5.45. The topological polar surface area (TPSA) is 93.7 Å². The second-order valence-electron chi connectivity index (χ2n) is 6.04. The number of ether oxygens (including phenoxy) is 2. The number of carbonyl (C=O) groups is 1. The van der Waals surface area contributed by atoms with Gasteiger partial charge in [0.05, 0.1) is 25.7 Å². The van der Waals surface area contributed by atoms with E-state index in [-0.39, 0.29) is 11.4 Å². The van der Waals surface area contributed by atoms with Crippen LogP contribution in [0, 0.1) is 13.8 Å². The second kappa shape index (κ2) is 8.88. The van der Waals surface area contributed by atoms with Gasteiger partial charge in [-0.2, -0.15) is 0 Å². The van der Waals surface area contributed by atoms with Crippen molar-refractivity contribution in [2.24, 2.45) is 0 Å². The first-order chi connectivity index (χ1) is 12.8. The summed E-state index contributed by atoms with van der Waals surface area (Å²) >= 11 is 0. The van der Waals surface area contributed by atoms with E-state index >= 15 is 0 Å². The summed E-state index contributed by atoms with van der Waals surface area (Å²) in [7, 11) is -0.701. The van der Waals surface area contributed by atoms with E-state index in [0.29, 0.717) is 23.4 Å². The number of carbonyl (C=O) groups excluding carboxylic acids is 1. The first kappa shape index (κ1) is 20.7. The van der Waals surface area contributed by atoms with Crippen molar-refractivity contribution in [1.29, 1.82) is 0 Å². The summed E-state index contributed by atoms with van der Waals surface area (Å²) in [5, 5.41) is 2.68. The van der Waals surface area contributed by atoms with E-state index < -0.39 is 15.9 Å². The summed E-state index contributed by atoms with van der Waals surface area (Å²) in [5.41, 5.74) is 2.13. The van der Waals surface area contributed by atoms with Crippen molar-refractivity contribution in [1.82, 2.24) is 10.0 Å². The largest absolute Gasteiger partial charge is 0.497 e. The zero-order chi connectivity index (χ0) is 20.0. The third-order valence-corrected chi connectivity index (χ3v) is 5.60. The lowest BCUT2D eigenvalue weighted by atomic mass is 10.1. The maximum absolute atomic E-state index is 12.5. The fourth-order valence-corrected chi connectivity index (χ4v) is 3.81. The Balaban J connectivity index is 1.96. The minimum Gasteiger partial charge on any atom is -0.497 e. The van der Waals surface area contributed by atoms with Gasteiger partial charge in [-0.3, -0.25) is 4.79 Å². The van der Waals surface area contributed by atoms with E-state index in [9.17, 15) is 13.2 Å². The maximum atomic E-state index is 12.5. The highest BCUT2D eigenvalue weighted by atomic mass is 32.2. The number of benzene rings is 2. The van der Waals surface area contributed by atoms with Crippen LogP contribution < -0.4 is 19.5 Å². The van der Waals surface area contributed by atoms with Gasteiger partial charge in [0.1, 0.15) is 11.5 Å². The molecule has 8 heteroatoms. The lowest BCUT2D eigenvalue weighted by Gasteiger charge is -2.13. The van der Waals surface area contributed by atoms with E-state index in [4.69, 9.17) is 9.47 Å². The Morgan fingerprint density at radius 1 is 1.00 bits per heavy atom. The predicted octanol–water partition coefficient (Wildman–Crippen LogP) is 1.92. The fraction of sp³-hybridized carbons (Fsp3) is 0.316. The molecule has 146 valence electrons. The molecule has 2 rings (SSSR count). The normalized spacial score (nSPS) is 11.1. The number of aryl methyl sites for hydroxylation is 2. The molecule has 0 saturated heterocycles. The van der Waals surface area contributed by atoms with Crippen LogP contribution in [-0.4, -0.2) is 35.1 Å². The molecule has 0 aliphatic rings. The maximum Gasteiger partial charge on any atom is 0.241 e. The van der Waals surface area contributed by atoms with Gasteiger partial charge in [0.25, 0.3) is 0 Å². The monoisotopic (exact) mass is 392 g/mol. The lowest BCUT2D eigenvalue weighted by Crippen LogP contribution is -2.36. The molecule has 2 aromatic rings. The summed E-state index contributed by atoms with van der Waals surface area (Å²) in [6, 6.07) is 10.4. The van der Waals surface area contributed by atoms with Gasteiger partial charge in [-0.05, 0) is 54.8 Å². The molecule has 7 nitrogen and oxygen atoms in total. The van der Waals surface area contributed by atoms with Crippen molar-refractivity contribution in [3.05, 3.63) is 53.1 Å². The van der Waals surface area contributed by atoms with E-state index in [1.807, 2.05) is 12.1 Å². The van der Waals surface area contributed by atoms with Crippen LogP contribution in [0.15, 0.2) is 41.3 Å². The van der Waals surface area contributed by atoms with Crippen LogP contribution in [0.3, 0.4) is 0 Å². The van der Waals surface area contributed by atoms with Crippen LogP contribution in [0.2, 0.25) is 0 Å². The van der Waals surface area contributed by atoms with Crippen molar-refractivity contribution < 1.29 is 22.7 Å². The van der Waals surface area contributed by atoms with Gasteiger partial charge in [-0.25, -0.2) is 13.1 Å². The third-order valence-electron chi connectivity index (χ3n) is 4.05. The quantitative estimate of drug-likeness (QED) is 0.716. The van der Waals surface area contributed by atoms with Crippen molar-refractivity contribution in [2.45, 2.75) is 25.3 Å². The van der Waals surface area contributed by atoms with Gasteiger partial charge >= 0.3 is 0 Å². The average Bonchev–Trinajstić information content (AvgIpc) is 2.66. The summed E-state index contributed by atoms with van der Waals surface area (Å²) in [5.74, 6) is 0.920. The molecule has 27 heavy (non-hydrogen) atoms. The molecule has 0 aromatic heterocycles. The number of hydrogen-bond acceptors (Lipinski definition) is 5. The summed E-state index contributed by atoms with van der Waals surface area (Å²) < 4.78 is 37.6. The van der Waals surface area contributed by atoms with Crippen molar-refractivity contribution >= 4 is 15.9 Å². The van der Waals surface area contributed by atoms with Crippen LogP contribution in [0.25, 0.3) is 0 Å². The standard InChI is InChI=1S/C19H24N2O5S/c1-13-10-18(14(2)9-17(13)26-4)27(23,24)21-12-19(22)20-11-15-5-7-16(25-3)8-6-15/h5-10,21H,11-12H2,1-4H3,(H,20,22). The highest BCUT2D eigenvalue weighted by Crippen LogP contribution is 2.25. The van der Waals surface area contributed by atoms with E-state index in [0.717, 1.165) is 11.3 Å². The zero-order valence-electron chi connectivity index (χ0n) is 15.8. The Labute approximate surface area is 159 Å². The Morgan fingerprint density at radius 3 is 2.26 bits per heavy atom. The number of sulfonamides is 1. The molecular weight excluding hydrogens is 368 g/mol. The molecule has 0 fully saturated rings. The van der Waals surface area contributed by atoms with Gasteiger partial charge in [0, 0.05) is 6.54 Å². The van der Waals surface area contributed by atoms with Crippen molar-refractivity contribution in [3.63, 3.8) is 0 Å². The molecule has 1 amide bonds. The molecule has 0 aliphatic heterocycles. The highest BCUT2D eigenvalue weighted by molar-refractivity contribution is 7.89. The molecule has 0 saturated carbocycles. The molecule has 2 N–H and O–H groups in total. The Morgan fingerprint density at radius 2 is 1.67 bits per heavy atom. The molecule has 0 unspecified atom stereocenters. The Kier molecular flexibility index (Phi) is 6.81. The molecule has 0 heterocycles. The summed E-state index contributed by atoms with van der Waals surface area (Å²) in [4.78, 5) is 12.1. The van der Waals surface area contributed by atoms with Crippen LogP contribution in [0.1, 0.15) is 16.7 Å². The Bertz CT molecular complexity index is 908. The number of rotatable bonds is 8. The number of nitrogens with one attached hydrogen (secondary N) is 2. The number of hydrogen-bond donors (Lipinski definition) is 2. The molecule has 0 aliphatic carbocycles. The number of methoxy groups -OCH3 is 2. The molecule has 0 bridgehead atoms. The first-order valence-corrected chi connectivity index (χ1v) is 9.79. The van der Waals surface area contributed by atoms with E-state index in [2.05, 4.69) is 10.0 Å². The fourth-order valence-electron chi connectivity index (χ4n) is 2.52. The van der Waals surface area contributed by atoms with Crippen LogP contribution in [0.4, 0.5) is 0 Å². The van der Waals surface area contributed by atoms with Crippen LogP contribution in [-0.2, 0) is 21.4 Å². The van der Waals surface area contributed by atoms with Gasteiger partial charge in [0.2, 0.25) is 15.9 Å². The zero-order valence-corrected chi connectivity index (χ0v) is 16.6. The summed E-state index contributed by atoms with van der Waals surface area (Å²) in [6.07, 6.45) is 0. The van der Waals surface area contributed by atoms with Gasteiger partial charge in [0.15, 0.2) is 0 Å². The van der Waals surface area contributed by atoms with E-state index in [1.54, 1.807) is 39.2 Å². The second-order valence-corrected chi connectivity index (χ2v) is 7.77. The predicted molar refractivity (Wildman–Crippen MR) is 102 cm³/mol. The minimum atomic E-state index is -3.81. The molecular formula is C19H24N2O5S. The van der Waals surface area contributed by atoms with Gasteiger partial charge in [-0.15, -0.1) is 0 Å². The van der Waals surface area contributed by atoms with Crippen molar-refractivity contribution in [3.8, 4) is 11.5 Å².